The van der Waals surface area contributed by atoms with Crippen molar-refractivity contribution in [3.05, 3.63) is 36.1 Å². The van der Waals surface area contributed by atoms with E-state index >= 15 is 0 Å². The topological polar surface area (TPSA) is 49.6 Å². The van der Waals surface area contributed by atoms with Crippen LogP contribution in [0.1, 0.15) is 25.6 Å². The van der Waals surface area contributed by atoms with Gasteiger partial charge >= 0.3 is 0 Å². The summed E-state index contributed by atoms with van der Waals surface area (Å²) in [6.45, 7) is 5.14. The number of hydrogen-bond acceptors (Lipinski definition) is 3. The summed E-state index contributed by atoms with van der Waals surface area (Å²) in [5.74, 6) is 1.71. The molecule has 2 atom stereocenters. The quantitative estimate of drug-likeness (QED) is 0.656. The number of benzene rings is 1. The largest absolute Gasteiger partial charge is 0.459 e. The third-order valence-corrected chi connectivity index (χ3v) is 4.38. The number of para-hydroxylation sites is 1. The molecule has 114 valence electrons. The fourth-order valence-corrected chi connectivity index (χ4v) is 2.26. The minimum atomic E-state index is 0.0631. The molecule has 0 saturated carbocycles. The van der Waals surface area contributed by atoms with Gasteiger partial charge in [-0.05, 0) is 25.3 Å². The molecule has 2 aromatic rings. The molecule has 1 aromatic carbocycles. The van der Waals surface area contributed by atoms with Crippen LogP contribution in [0.25, 0.3) is 11.0 Å². The van der Waals surface area contributed by atoms with Crippen LogP contribution in [-0.2, 0) is 0 Å². The second kappa shape index (κ2) is 7.41. The molecule has 0 aliphatic carbocycles. The van der Waals surface area contributed by atoms with E-state index in [2.05, 4.69) is 47.9 Å². The predicted molar refractivity (Wildman–Crippen MR) is 92.1 cm³/mol. The van der Waals surface area contributed by atoms with E-state index in [0.29, 0.717) is 5.25 Å². The molecule has 1 aromatic heterocycles. The Labute approximate surface area is 130 Å². The molecule has 0 aliphatic rings. The SMILES string of the molecule is CN=C(NCC(C)SC)NC(C)c1cc2ccccc2o1. The Balaban J connectivity index is 2.00. The zero-order valence-corrected chi connectivity index (χ0v) is 13.8. The molecule has 2 N–H and O–H groups in total. The molecular formula is C16H23N3OS. The Bertz CT molecular complexity index is 575. The summed E-state index contributed by atoms with van der Waals surface area (Å²) < 4.78 is 5.87. The number of rotatable bonds is 5. The van der Waals surface area contributed by atoms with E-state index in [1.165, 1.54) is 0 Å². The van der Waals surface area contributed by atoms with Gasteiger partial charge in [0.15, 0.2) is 5.96 Å². The highest BCUT2D eigenvalue weighted by atomic mass is 32.2. The van der Waals surface area contributed by atoms with Crippen molar-refractivity contribution in [1.29, 1.82) is 0 Å². The summed E-state index contributed by atoms with van der Waals surface area (Å²) in [4.78, 5) is 4.26. The first kappa shape index (κ1) is 15.8. The monoisotopic (exact) mass is 305 g/mol. The van der Waals surface area contributed by atoms with Crippen molar-refractivity contribution in [3.8, 4) is 0 Å². The van der Waals surface area contributed by atoms with Gasteiger partial charge in [0.2, 0.25) is 0 Å². The number of guanidine groups is 1. The molecule has 0 bridgehead atoms. The van der Waals surface area contributed by atoms with Crippen molar-refractivity contribution in [2.75, 3.05) is 19.8 Å². The molecule has 0 amide bonds. The number of nitrogens with one attached hydrogen (secondary N) is 2. The maximum absolute atomic E-state index is 5.87. The fraction of sp³-hybridized carbons (Fsp3) is 0.438. The number of nitrogens with zero attached hydrogens (tertiary/aromatic N) is 1. The Kier molecular flexibility index (Phi) is 5.56. The molecule has 21 heavy (non-hydrogen) atoms. The number of fused-ring (bicyclic) bond motifs is 1. The van der Waals surface area contributed by atoms with Gasteiger partial charge in [-0.1, -0.05) is 25.1 Å². The lowest BCUT2D eigenvalue weighted by Crippen LogP contribution is -2.41. The van der Waals surface area contributed by atoms with Gasteiger partial charge in [-0.3, -0.25) is 4.99 Å². The predicted octanol–water partition coefficient (Wildman–Crippen LogP) is 3.41. The average molecular weight is 305 g/mol. The lowest BCUT2D eigenvalue weighted by molar-refractivity contribution is 0.488. The van der Waals surface area contributed by atoms with Crippen LogP contribution in [0.2, 0.25) is 0 Å². The van der Waals surface area contributed by atoms with E-state index in [0.717, 1.165) is 29.2 Å². The Morgan fingerprint density at radius 3 is 2.76 bits per heavy atom. The van der Waals surface area contributed by atoms with Gasteiger partial charge in [0.1, 0.15) is 11.3 Å². The van der Waals surface area contributed by atoms with Crippen LogP contribution in [0.5, 0.6) is 0 Å². The zero-order chi connectivity index (χ0) is 15.2. The van der Waals surface area contributed by atoms with Gasteiger partial charge in [-0.2, -0.15) is 11.8 Å². The summed E-state index contributed by atoms with van der Waals surface area (Å²) in [5, 5.41) is 8.36. The molecule has 0 radical (unpaired) electrons. The van der Waals surface area contributed by atoms with Crippen molar-refractivity contribution >= 4 is 28.7 Å². The molecule has 2 unspecified atom stereocenters. The minimum absolute atomic E-state index is 0.0631. The van der Waals surface area contributed by atoms with Gasteiger partial charge in [0, 0.05) is 24.2 Å². The van der Waals surface area contributed by atoms with Crippen molar-refractivity contribution in [1.82, 2.24) is 10.6 Å². The molecule has 1 heterocycles. The van der Waals surface area contributed by atoms with Gasteiger partial charge in [0.25, 0.3) is 0 Å². The second-order valence-electron chi connectivity index (χ2n) is 5.05. The fourth-order valence-electron chi connectivity index (χ4n) is 2.01. The van der Waals surface area contributed by atoms with Gasteiger partial charge in [0.05, 0.1) is 6.04 Å². The summed E-state index contributed by atoms with van der Waals surface area (Å²) in [5.41, 5.74) is 0.917. The molecule has 0 aliphatic heterocycles. The number of furan rings is 1. The van der Waals surface area contributed by atoms with Crippen molar-refractivity contribution < 1.29 is 4.42 Å². The van der Waals surface area contributed by atoms with Crippen LogP contribution in [0.3, 0.4) is 0 Å². The van der Waals surface area contributed by atoms with E-state index in [4.69, 9.17) is 4.42 Å². The van der Waals surface area contributed by atoms with Gasteiger partial charge in [-0.15, -0.1) is 0 Å². The molecule has 2 rings (SSSR count). The van der Waals surface area contributed by atoms with Crippen molar-refractivity contribution in [2.24, 2.45) is 4.99 Å². The summed E-state index contributed by atoms with van der Waals surface area (Å²) >= 11 is 1.83. The van der Waals surface area contributed by atoms with Crippen LogP contribution in [-0.4, -0.2) is 31.1 Å². The first-order chi connectivity index (χ1) is 10.1. The first-order valence-corrected chi connectivity index (χ1v) is 8.41. The molecule has 0 spiro atoms. The third-order valence-electron chi connectivity index (χ3n) is 3.41. The normalized spacial score (nSPS) is 15.0. The van der Waals surface area contributed by atoms with Gasteiger partial charge in [-0.25, -0.2) is 0 Å². The van der Waals surface area contributed by atoms with Crippen LogP contribution in [0.4, 0.5) is 0 Å². The second-order valence-corrected chi connectivity index (χ2v) is 6.33. The summed E-state index contributed by atoms with van der Waals surface area (Å²) in [6.07, 6.45) is 2.11. The van der Waals surface area contributed by atoms with E-state index in [-0.39, 0.29) is 6.04 Å². The Morgan fingerprint density at radius 1 is 1.33 bits per heavy atom. The zero-order valence-electron chi connectivity index (χ0n) is 13.0. The average Bonchev–Trinajstić information content (AvgIpc) is 2.94. The highest BCUT2D eigenvalue weighted by Gasteiger charge is 2.13. The smallest absolute Gasteiger partial charge is 0.191 e. The van der Waals surface area contributed by atoms with Crippen LogP contribution >= 0.6 is 11.8 Å². The first-order valence-electron chi connectivity index (χ1n) is 7.12. The number of aliphatic imine (C=N–C) groups is 1. The van der Waals surface area contributed by atoms with E-state index < -0.39 is 0 Å². The third kappa shape index (κ3) is 4.17. The summed E-state index contributed by atoms with van der Waals surface area (Å²) in [7, 11) is 1.78. The number of hydrogen-bond donors (Lipinski definition) is 2. The van der Waals surface area contributed by atoms with Gasteiger partial charge < -0.3 is 15.1 Å². The van der Waals surface area contributed by atoms with Crippen molar-refractivity contribution in [2.45, 2.75) is 25.1 Å². The minimum Gasteiger partial charge on any atom is -0.459 e. The van der Waals surface area contributed by atoms with Crippen LogP contribution in [0, 0.1) is 0 Å². The van der Waals surface area contributed by atoms with E-state index in [9.17, 15) is 0 Å². The lowest BCUT2D eigenvalue weighted by Gasteiger charge is -2.17. The molecule has 4 nitrogen and oxygen atoms in total. The molecule has 5 heteroatoms. The van der Waals surface area contributed by atoms with E-state index in [1.807, 2.05) is 30.0 Å². The molecule has 0 saturated heterocycles. The maximum atomic E-state index is 5.87. The Morgan fingerprint density at radius 2 is 2.10 bits per heavy atom. The highest BCUT2D eigenvalue weighted by Crippen LogP contribution is 2.23. The summed E-state index contributed by atoms with van der Waals surface area (Å²) in [6, 6.07) is 10.2. The highest BCUT2D eigenvalue weighted by molar-refractivity contribution is 7.99. The standard InChI is InChI=1S/C16H23N3OS/c1-11(21-4)10-18-16(17-3)19-12(2)15-9-13-7-5-6-8-14(13)20-15/h5-9,11-12H,10H2,1-4H3,(H2,17,18,19). The van der Waals surface area contributed by atoms with Crippen molar-refractivity contribution in [3.63, 3.8) is 0 Å². The lowest BCUT2D eigenvalue weighted by atomic mass is 10.2. The van der Waals surface area contributed by atoms with Crippen LogP contribution in [0.15, 0.2) is 39.7 Å². The van der Waals surface area contributed by atoms with Crippen LogP contribution < -0.4 is 10.6 Å². The maximum Gasteiger partial charge on any atom is 0.191 e. The van der Waals surface area contributed by atoms with E-state index in [1.54, 1.807) is 7.05 Å². The number of thioether (sulfide) groups is 1. The molecule has 0 fully saturated rings. The Hall–Kier alpha value is -1.62. The molecular weight excluding hydrogens is 282 g/mol.